The van der Waals surface area contributed by atoms with E-state index in [1.807, 2.05) is 0 Å². The average molecular weight is 331 g/mol. The molecule has 0 saturated carbocycles. The maximum absolute atomic E-state index is 14.1. The van der Waals surface area contributed by atoms with E-state index in [1.165, 1.54) is 22.7 Å². The molecule has 0 bridgehead atoms. The topological polar surface area (TPSA) is 54.5 Å². The Labute approximate surface area is 128 Å². The number of amides is 1. The first-order valence-corrected chi connectivity index (χ1v) is 9.61. The molecule has 0 N–H and O–H groups in total. The number of benzene rings is 1. The van der Waals surface area contributed by atoms with Crippen LogP contribution < -0.4 is 0 Å². The van der Waals surface area contributed by atoms with E-state index < -0.39 is 26.9 Å². The van der Waals surface area contributed by atoms with Gasteiger partial charge in [-0.2, -0.15) is 11.8 Å². The van der Waals surface area contributed by atoms with E-state index in [9.17, 15) is 17.6 Å². The van der Waals surface area contributed by atoms with Crippen molar-refractivity contribution in [3.63, 3.8) is 0 Å². The lowest BCUT2D eigenvalue weighted by atomic mass is 10.1. The quantitative estimate of drug-likeness (QED) is 0.851. The second-order valence-electron chi connectivity index (χ2n) is 4.92. The first-order valence-electron chi connectivity index (χ1n) is 6.74. The van der Waals surface area contributed by atoms with Crippen LogP contribution in [-0.2, 0) is 9.84 Å². The summed E-state index contributed by atoms with van der Waals surface area (Å²) in [6.07, 6.45) is 0. The van der Waals surface area contributed by atoms with Crippen molar-refractivity contribution >= 4 is 27.5 Å². The second kappa shape index (κ2) is 6.36. The standard InChI is InChI=1S/C14H18FNO3S2/c1-3-21(18,19)12-9-20-8-7-16(12)14(17)11-6-4-5-10(2)13(11)15/h4-6,12H,3,7-9H2,1-2H3. The molecule has 21 heavy (non-hydrogen) atoms. The molecule has 1 fully saturated rings. The molecule has 7 heteroatoms. The third kappa shape index (κ3) is 3.23. The third-order valence-corrected chi connectivity index (χ3v) is 6.87. The molecule has 1 atom stereocenters. The largest absolute Gasteiger partial charge is 0.320 e. The molecule has 1 heterocycles. The number of thioether (sulfide) groups is 1. The van der Waals surface area contributed by atoms with E-state index in [0.717, 1.165) is 0 Å². The number of hydrogen-bond donors (Lipinski definition) is 0. The Kier molecular flexibility index (Phi) is 4.93. The molecule has 1 unspecified atom stereocenters. The van der Waals surface area contributed by atoms with Crippen molar-refractivity contribution in [2.75, 3.05) is 23.8 Å². The number of hydrogen-bond acceptors (Lipinski definition) is 4. The van der Waals surface area contributed by atoms with Crippen LogP contribution in [0.15, 0.2) is 18.2 Å². The van der Waals surface area contributed by atoms with Crippen LogP contribution in [0.3, 0.4) is 0 Å². The summed E-state index contributed by atoms with van der Waals surface area (Å²) in [6.45, 7) is 3.46. The van der Waals surface area contributed by atoms with Gasteiger partial charge in [0.1, 0.15) is 11.2 Å². The van der Waals surface area contributed by atoms with Crippen LogP contribution in [-0.4, -0.2) is 48.4 Å². The van der Waals surface area contributed by atoms with E-state index >= 15 is 0 Å². The first kappa shape index (κ1) is 16.3. The molecular formula is C14H18FNO3S2. The van der Waals surface area contributed by atoms with E-state index in [4.69, 9.17) is 0 Å². The van der Waals surface area contributed by atoms with Gasteiger partial charge in [-0.3, -0.25) is 4.79 Å². The molecule has 1 saturated heterocycles. The predicted octanol–water partition coefficient (Wildman–Crippen LogP) is 2.08. The Morgan fingerprint density at radius 3 is 2.86 bits per heavy atom. The summed E-state index contributed by atoms with van der Waals surface area (Å²) < 4.78 is 38.4. The number of halogens is 1. The van der Waals surface area contributed by atoms with Gasteiger partial charge in [-0.1, -0.05) is 19.1 Å². The summed E-state index contributed by atoms with van der Waals surface area (Å²) in [7, 11) is -3.38. The highest BCUT2D eigenvalue weighted by atomic mass is 32.2. The fourth-order valence-electron chi connectivity index (χ4n) is 2.27. The van der Waals surface area contributed by atoms with Crippen LogP contribution in [0.4, 0.5) is 4.39 Å². The minimum atomic E-state index is -3.38. The van der Waals surface area contributed by atoms with Crippen molar-refractivity contribution in [3.8, 4) is 0 Å². The summed E-state index contributed by atoms with van der Waals surface area (Å²) in [6, 6.07) is 4.59. The highest BCUT2D eigenvalue weighted by molar-refractivity contribution is 8.01. The molecule has 2 rings (SSSR count). The third-order valence-electron chi connectivity index (χ3n) is 3.58. The number of carbonyl (C=O) groups excluding carboxylic acids is 1. The average Bonchev–Trinajstić information content (AvgIpc) is 2.49. The second-order valence-corrected chi connectivity index (χ2v) is 8.51. The zero-order valence-electron chi connectivity index (χ0n) is 12.0. The van der Waals surface area contributed by atoms with E-state index in [-0.39, 0.29) is 11.3 Å². The van der Waals surface area contributed by atoms with Gasteiger partial charge in [0, 0.05) is 23.8 Å². The number of sulfone groups is 1. The van der Waals surface area contributed by atoms with E-state index in [0.29, 0.717) is 23.6 Å². The Hall–Kier alpha value is -1.08. The van der Waals surface area contributed by atoms with Gasteiger partial charge in [0.25, 0.3) is 5.91 Å². The number of rotatable bonds is 3. The summed E-state index contributed by atoms with van der Waals surface area (Å²) in [5, 5.41) is -0.867. The normalized spacial score (nSPS) is 19.6. The number of nitrogens with zero attached hydrogens (tertiary/aromatic N) is 1. The molecule has 1 amide bonds. The minimum absolute atomic E-state index is 0.0295. The predicted molar refractivity (Wildman–Crippen MR) is 82.7 cm³/mol. The van der Waals surface area contributed by atoms with Gasteiger partial charge < -0.3 is 4.90 Å². The van der Waals surface area contributed by atoms with Crippen LogP contribution >= 0.6 is 11.8 Å². The summed E-state index contributed by atoms with van der Waals surface area (Å²) in [5.74, 6) is -0.144. The lowest BCUT2D eigenvalue weighted by Gasteiger charge is -2.34. The molecule has 4 nitrogen and oxygen atoms in total. The molecular weight excluding hydrogens is 313 g/mol. The van der Waals surface area contributed by atoms with Crippen LogP contribution in [0.5, 0.6) is 0 Å². The van der Waals surface area contributed by atoms with E-state index in [2.05, 4.69) is 0 Å². The lowest BCUT2D eigenvalue weighted by Crippen LogP contribution is -2.50. The highest BCUT2D eigenvalue weighted by Crippen LogP contribution is 2.24. The molecule has 0 aliphatic carbocycles. The molecule has 0 aromatic heterocycles. The molecule has 116 valence electrons. The van der Waals surface area contributed by atoms with Gasteiger partial charge in [0.15, 0.2) is 9.84 Å². The maximum atomic E-state index is 14.1. The van der Waals surface area contributed by atoms with Gasteiger partial charge in [-0.15, -0.1) is 0 Å². The molecule has 1 aromatic rings. The van der Waals surface area contributed by atoms with Gasteiger partial charge in [-0.25, -0.2) is 12.8 Å². The molecule has 0 spiro atoms. The van der Waals surface area contributed by atoms with Crippen molar-refractivity contribution in [1.82, 2.24) is 4.90 Å². The zero-order chi connectivity index (χ0) is 15.6. The Morgan fingerprint density at radius 1 is 1.48 bits per heavy atom. The van der Waals surface area contributed by atoms with Crippen molar-refractivity contribution in [2.24, 2.45) is 0 Å². The monoisotopic (exact) mass is 331 g/mol. The van der Waals surface area contributed by atoms with Crippen molar-refractivity contribution < 1.29 is 17.6 Å². The van der Waals surface area contributed by atoms with Gasteiger partial charge in [0.2, 0.25) is 0 Å². The Morgan fingerprint density at radius 2 is 2.19 bits per heavy atom. The molecule has 1 aliphatic rings. The van der Waals surface area contributed by atoms with Gasteiger partial charge >= 0.3 is 0 Å². The Bertz CT molecular complexity index is 646. The highest BCUT2D eigenvalue weighted by Gasteiger charge is 2.36. The molecule has 1 aliphatic heterocycles. The minimum Gasteiger partial charge on any atom is -0.320 e. The SMILES string of the molecule is CCS(=O)(=O)C1CSCCN1C(=O)c1cccc(C)c1F. The smallest absolute Gasteiger partial charge is 0.257 e. The van der Waals surface area contributed by atoms with Crippen LogP contribution in [0.2, 0.25) is 0 Å². The lowest BCUT2D eigenvalue weighted by molar-refractivity contribution is 0.0744. The van der Waals surface area contributed by atoms with Crippen molar-refractivity contribution in [1.29, 1.82) is 0 Å². The summed E-state index contributed by atoms with van der Waals surface area (Å²) in [5.41, 5.74) is 0.320. The summed E-state index contributed by atoms with van der Waals surface area (Å²) >= 11 is 1.50. The van der Waals surface area contributed by atoms with Gasteiger partial charge in [-0.05, 0) is 18.6 Å². The molecule has 1 aromatic carbocycles. The van der Waals surface area contributed by atoms with Gasteiger partial charge in [0.05, 0.1) is 5.56 Å². The van der Waals surface area contributed by atoms with Crippen molar-refractivity contribution in [2.45, 2.75) is 19.2 Å². The number of aryl methyl sites for hydroxylation is 1. The first-order chi connectivity index (χ1) is 9.88. The fourth-order valence-corrected chi connectivity index (χ4v) is 5.24. The summed E-state index contributed by atoms with van der Waals surface area (Å²) in [4.78, 5) is 13.9. The molecule has 0 radical (unpaired) electrons. The Balaban J connectivity index is 2.38. The van der Waals surface area contributed by atoms with E-state index in [1.54, 1.807) is 26.0 Å². The van der Waals surface area contributed by atoms with Crippen LogP contribution in [0, 0.1) is 12.7 Å². The zero-order valence-corrected chi connectivity index (χ0v) is 13.6. The van der Waals surface area contributed by atoms with Crippen LogP contribution in [0.25, 0.3) is 0 Å². The fraction of sp³-hybridized carbons (Fsp3) is 0.500. The van der Waals surface area contributed by atoms with Crippen molar-refractivity contribution in [3.05, 3.63) is 35.1 Å². The maximum Gasteiger partial charge on any atom is 0.257 e. The number of carbonyl (C=O) groups is 1. The van der Waals surface area contributed by atoms with Crippen LogP contribution in [0.1, 0.15) is 22.8 Å².